The van der Waals surface area contributed by atoms with Crippen LogP contribution in [0.3, 0.4) is 0 Å². The Morgan fingerprint density at radius 3 is 3.00 bits per heavy atom. The lowest BCUT2D eigenvalue weighted by Gasteiger charge is -2.35. The summed E-state index contributed by atoms with van der Waals surface area (Å²) in [7, 11) is 0. The van der Waals surface area contributed by atoms with Gasteiger partial charge in [0.05, 0.1) is 5.60 Å². The Morgan fingerprint density at radius 1 is 1.56 bits per heavy atom. The summed E-state index contributed by atoms with van der Waals surface area (Å²) >= 11 is 0. The van der Waals surface area contributed by atoms with Gasteiger partial charge < -0.3 is 10.4 Å². The summed E-state index contributed by atoms with van der Waals surface area (Å²) in [5.74, 6) is 3.14. The minimum atomic E-state index is -0.688. The van der Waals surface area contributed by atoms with Gasteiger partial charge in [-0.05, 0) is 31.6 Å². The van der Waals surface area contributed by atoms with Crippen LogP contribution < -0.4 is 5.32 Å². The van der Waals surface area contributed by atoms with Crippen molar-refractivity contribution >= 4 is 5.91 Å². The molecule has 18 heavy (non-hydrogen) atoms. The first-order valence-electron chi connectivity index (χ1n) is 6.98. The first kappa shape index (κ1) is 15.0. The zero-order chi connectivity index (χ0) is 13.4. The number of amides is 1. The first-order chi connectivity index (χ1) is 8.56. The molecule has 0 bridgehead atoms. The molecule has 0 spiro atoms. The summed E-state index contributed by atoms with van der Waals surface area (Å²) < 4.78 is 0. The summed E-state index contributed by atoms with van der Waals surface area (Å²) in [5, 5.41) is 13.2. The minimum Gasteiger partial charge on any atom is -0.388 e. The largest absolute Gasteiger partial charge is 0.388 e. The van der Waals surface area contributed by atoms with Gasteiger partial charge in [0.15, 0.2) is 0 Å². The van der Waals surface area contributed by atoms with Crippen LogP contribution in [0.2, 0.25) is 0 Å². The number of rotatable bonds is 6. The highest BCUT2D eigenvalue weighted by atomic mass is 16.3. The van der Waals surface area contributed by atoms with E-state index in [1.807, 2.05) is 0 Å². The smallest absolute Gasteiger partial charge is 0.220 e. The van der Waals surface area contributed by atoms with Crippen molar-refractivity contribution in [2.45, 2.75) is 63.9 Å². The maximum absolute atomic E-state index is 11.6. The number of terminal acetylenes is 1. The number of hydrogen-bond donors (Lipinski definition) is 2. The van der Waals surface area contributed by atoms with Crippen LogP contribution >= 0.6 is 0 Å². The van der Waals surface area contributed by atoms with Crippen molar-refractivity contribution < 1.29 is 9.90 Å². The maximum Gasteiger partial charge on any atom is 0.220 e. The molecule has 2 N–H and O–H groups in total. The third kappa shape index (κ3) is 5.55. The summed E-state index contributed by atoms with van der Waals surface area (Å²) in [6.07, 6.45) is 11.9. The second-order valence-electron chi connectivity index (χ2n) is 5.61. The van der Waals surface area contributed by atoms with Gasteiger partial charge in [0.25, 0.3) is 0 Å². The number of aliphatic hydroxyl groups is 1. The fourth-order valence-electron chi connectivity index (χ4n) is 2.66. The van der Waals surface area contributed by atoms with Crippen LogP contribution in [0.5, 0.6) is 0 Å². The number of unbranched alkanes of at least 4 members (excludes halogenated alkanes) is 2. The third-order valence-corrected chi connectivity index (χ3v) is 3.66. The van der Waals surface area contributed by atoms with Gasteiger partial charge >= 0.3 is 0 Å². The Hall–Kier alpha value is -1.01. The lowest BCUT2D eigenvalue weighted by molar-refractivity contribution is -0.123. The normalized spacial score (nSPS) is 27.5. The van der Waals surface area contributed by atoms with E-state index in [4.69, 9.17) is 6.42 Å². The molecule has 1 rings (SSSR count). The summed E-state index contributed by atoms with van der Waals surface area (Å²) in [6, 6.07) is 0. The van der Waals surface area contributed by atoms with Crippen LogP contribution in [0.25, 0.3) is 0 Å². The van der Waals surface area contributed by atoms with E-state index < -0.39 is 5.60 Å². The van der Waals surface area contributed by atoms with Gasteiger partial charge in [-0.3, -0.25) is 4.79 Å². The molecule has 1 aliphatic rings. The Labute approximate surface area is 110 Å². The second kappa shape index (κ2) is 7.43. The van der Waals surface area contributed by atoms with Crippen molar-refractivity contribution in [3.8, 4) is 12.3 Å². The molecule has 3 heteroatoms. The van der Waals surface area contributed by atoms with Crippen molar-refractivity contribution in [1.29, 1.82) is 0 Å². The van der Waals surface area contributed by atoms with E-state index in [9.17, 15) is 9.90 Å². The highest BCUT2D eigenvalue weighted by Gasteiger charge is 2.32. The first-order valence-corrected chi connectivity index (χ1v) is 6.98. The third-order valence-electron chi connectivity index (χ3n) is 3.66. The summed E-state index contributed by atoms with van der Waals surface area (Å²) in [6.45, 7) is 2.55. The molecule has 1 fully saturated rings. The maximum atomic E-state index is 11.6. The SMILES string of the molecule is C#CCCCCC(=O)NCC1(O)CCCC(C)C1. The van der Waals surface area contributed by atoms with Crippen LogP contribution in [0.15, 0.2) is 0 Å². The van der Waals surface area contributed by atoms with Crippen molar-refractivity contribution in [3.05, 3.63) is 0 Å². The van der Waals surface area contributed by atoms with Crippen LogP contribution in [0.1, 0.15) is 58.3 Å². The van der Waals surface area contributed by atoms with Gasteiger partial charge in [-0.15, -0.1) is 12.3 Å². The van der Waals surface area contributed by atoms with E-state index in [2.05, 4.69) is 18.2 Å². The van der Waals surface area contributed by atoms with E-state index in [-0.39, 0.29) is 5.91 Å². The van der Waals surface area contributed by atoms with Crippen molar-refractivity contribution in [2.75, 3.05) is 6.54 Å². The van der Waals surface area contributed by atoms with Crippen LogP contribution in [-0.2, 0) is 4.79 Å². The zero-order valence-corrected chi connectivity index (χ0v) is 11.4. The van der Waals surface area contributed by atoms with E-state index in [0.29, 0.717) is 18.9 Å². The predicted octanol–water partition coefficient (Wildman–Crippen LogP) is 2.24. The topological polar surface area (TPSA) is 49.3 Å². The number of nitrogens with one attached hydrogen (secondary N) is 1. The molecule has 1 saturated carbocycles. The van der Waals surface area contributed by atoms with Crippen molar-refractivity contribution in [3.63, 3.8) is 0 Å². The molecule has 0 aromatic heterocycles. The van der Waals surface area contributed by atoms with Crippen LogP contribution in [0.4, 0.5) is 0 Å². The van der Waals surface area contributed by atoms with Crippen LogP contribution in [0, 0.1) is 18.3 Å². The summed E-state index contributed by atoms with van der Waals surface area (Å²) in [5.41, 5.74) is -0.688. The van der Waals surface area contributed by atoms with Crippen molar-refractivity contribution in [1.82, 2.24) is 5.32 Å². The predicted molar refractivity (Wildman–Crippen MR) is 72.9 cm³/mol. The number of hydrogen-bond acceptors (Lipinski definition) is 2. The van der Waals surface area contributed by atoms with Gasteiger partial charge in [-0.1, -0.05) is 19.8 Å². The fraction of sp³-hybridized carbons (Fsp3) is 0.800. The molecule has 0 radical (unpaired) electrons. The molecule has 2 atom stereocenters. The fourth-order valence-corrected chi connectivity index (χ4v) is 2.66. The van der Waals surface area contributed by atoms with Crippen molar-refractivity contribution in [2.24, 2.45) is 5.92 Å². The molecule has 0 heterocycles. The van der Waals surface area contributed by atoms with Crippen LogP contribution in [-0.4, -0.2) is 23.2 Å². The monoisotopic (exact) mass is 251 g/mol. The van der Waals surface area contributed by atoms with E-state index >= 15 is 0 Å². The molecule has 1 amide bonds. The Balaban J connectivity index is 2.19. The van der Waals surface area contributed by atoms with Gasteiger partial charge in [-0.25, -0.2) is 0 Å². The zero-order valence-electron chi connectivity index (χ0n) is 11.4. The quantitative estimate of drug-likeness (QED) is 0.562. The molecule has 3 nitrogen and oxygen atoms in total. The molecule has 0 aromatic rings. The number of carbonyl (C=O) groups excluding carboxylic acids is 1. The molecule has 1 aliphatic carbocycles. The van der Waals surface area contributed by atoms with Gasteiger partial charge in [-0.2, -0.15) is 0 Å². The molecule has 102 valence electrons. The van der Waals surface area contributed by atoms with Gasteiger partial charge in [0.1, 0.15) is 0 Å². The highest BCUT2D eigenvalue weighted by molar-refractivity contribution is 5.75. The van der Waals surface area contributed by atoms with E-state index in [1.54, 1.807) is 0 Å². The molecule has 2 unspecified atom stereocenters. The molecule has 0 aliphatic heterocycles. The minimum absolute atomic E-state index is 0.0265. The van der Waals surface area contributed by atoms with E-state index in [0.717, 1.165) is 38.5 Å². The number of carbonyl (C=O) groups is 1. The van der Waals surface area contributed by atoms with Gasteiger partial charge in [0.2, 0.25) is 5.91 Å². The summed E-state index contributed by atoms with van der Waals surface area (Å²) in [4.78, 5) is 11.6. The van der Waals surface area contributed by atoms with Gasteiger partial charge in [0, 0.05) is 19.4 Å². The molecular weight excluding hydrogens is 226 g/mol. The second-order valence-corrected chi connectivity index (χ2v) is 5.61. The highest BCUT2D eigenvalue weighted by Crippen LogP contribution is 2.31. The average molecular weight is 251 g/mol. The average Bonchev–Trinajstić information content (AvgIpc) is 2.32. The molecule has 0 saturated heterocycles. The Kier molecular flexibility index (Phi) is 6.21. The van der Waals surface area contributed by atoms with E-state index in [1.165, 1.54) is 6.42 Å². The Morgan fingerprint density at radius 2 is 2.33 bits per heavy atom. The lowest BCUT2D eigenvalue weighted by atomic mass is 9.79. The molecule has 0 aromatic carbocycles. The standard InChI is InChI=1S/C15H25NO2/c1-3-4-5-6-9-14(17)16-12-15(18)10-7-8-13(2)11-15/h1,13,18H,4-12H2,2H3,(H,16,17). The Bertz CT molecular complexity index is 308. The lowest BCUT2D eigenvalue weighted by Crippen LogP contribution is -2.45. The molecular formula is C15H25NO2.